The van der Waals surface area contributed by atoms with E-state index in [1.807, 2.05) is 0 Å². The molecule has 130 valence electrons. The summed E-state index contributed by atoms with van der Waals surface area (Å²) >= 11 is 0. The van der Waals surface area contributed by atoms with Crippen LogP contribution in [0, 0.1) is 5.82 Å². The fourth-order valence-electron chi connectivity index (χ4n) is 2.34. The Morgan fingerprint density at radius 3 is 2.65 bits per heavy atom. The Hall–Kier alpha value is -3.68. The lowest BCUT2D eigenvalue weighted by atomic mass is 10.1. The molecule has 0 radical (unpaired) electrons. The number of benzene rings is 1. The molecular formula is C18H14FN5O2. The van der Waals surface area contributed by atoms with E-state index in [9.17, 15) is 14.0 Å². The number of pyridine rings is 1. The van der Waals surface area contributed by atoms with Gasteiger partial charge in [-0.25, -0.2) is 14.4 Å². The van der Waals surface area contributed by atoms with Crippen LogP contribution in [-0.2, 0) is 0 Å². The number of carbonyl (C=O) groups is 2. The molecular weight excluding hydrogens is 337 g/mol. The molecule has 0 fully saturated rings. The standard InChI is InChI=1S/C18H14FN5O2/c1-21-18(26)10-4-5-13(19)12(7-10)14-9-23-17(20)15(24-14)16(25)11-3-2-6-22-8-11/h2-9H,1H3,(H2,20,23)(H,21,26). The summed E-state index contributed by atoms with van der Waals surface area (Å²) in [4.78, 5) is 36.3. The monoisotopic (exact) mass is 351 g/mol. The van der Waals surface area contributed by atoms with Crippen LogP contribution in [-0.4, -0.2) is 33.7 Å². The zero-order chi connectivity index (χ0) is 18.7. The highest BCUT2D eigenvalue weighted by Crippen LogP contribution is 2.24. The molecule has 0 aliphatic heterocycles. The van der Waals surface area contributed by atoms with Crippen LogP contribution >= 0.6 is 0 Å². The van der Waals surface area contributed by atoms with Gasteiger partial charge in [-0.15, -0.1) is 0 Å². The highest BCUT2D eigenvalue weighted by molar-refractivity contribution is 6.10. The number of anilines is 1. The van der Waals surface area contributed by atoms with Crippen molar-refractivity contribution in [2.24, 2.45) is 0 Å². The van der Waals surface area contributed by atoms with Crippen LogP contribution in [0.5, 0.6) is 0 Å². The number of nitrogens with zero attached hydrogens (tertiary/aromatic N) is 3. The minimum absolute atomic E-state index is 0.0406. The molecule has 2 heterocycles. The van der Waals surface area contributed by atoms with Crippen molar-refractivity contribution in [3.63, 3.8) is 0 Å². The second-order valence-corrected chi connectivity index (χ2v) is 5.33. The number of aromatic nitrogens is 3. The molecule has 0 unspecified atom stereocenters. The first-order valence-electron chi connectivity index (χ1n) is 7.60. The SMILES string of the molecule is CNC(=O)c1ccc(F)c(-c2cnc(N)c(C(=O)c3cccnc3)n2)c1. The third-order valence-corrected chi connectivity index (χ3v) is 3.67. The summed E-state index contributed by atoms with van der Waals surface area (Å²) in [6.07, 6.45) is 4.16. The Balaban J connectivity index is 2.08. The van der Waals surface area contributed by atoms with Crippen molar-refractivity contribution in [2.45, 2.75) is 0 Å². The summed E-state index contributed by atoms with van der Waals surface area (Å²) in [6.45, 7) is 0. The topological polar surface area (TPSA) is 111 Å². The molecule has 2 aromatic heterocycles. The molecule has 7 nitrogen and oxygen atoms in total. The van der Waals surface area contributed by atoms with E-state index in [4.69, 9.17) is 5.73 Å². The Morgan fingerprint density at radius 1 is 1.15 bits per heavy atom. The quantitative estimate of drug-likeness (QED) is 0.694. The van der Waals surface area contributed by atoms with Crippen molar-refractivity contribution >= 4 is 17.5 Å². The van der Waals surface area contributed by atoms with E-state index in [0.717, 1.165) is 6.07 Å². The van der Waals surface area contributed by atoms with Crippen LogP contribution in [0.15, 0.2) is 48.9 Å². The minimum Gasteiger partial charge on any atom is -0.382 e. The number of amides is 1. The van der Waals surface area contributed by atoms with E-state index in [-0.39, 0.29) is 39.8 Å². The molecule has 0 spiro atoms. The molecule has 0 aliphatic rings. The van der Waals surface area contributed by atoms with E-state index >= 15 is 0 Å². The molecule has 8 heteroatoms. The van der Waals surface area contributed by atoms with Gasteiger partial charge in [0.2, 0.25) is 5.78 Å². The van der Waals surface area contributed by atoms with E-state index < -0.39 is 11.6 Å². The second kappa shape index (κ2) is 7.06. The van der Waals surface area contributed by atoms with Crippen molar-refractivity contribution < 1.29 is 14.0 Å². The lowest BCUT2D eigenvalue weighted by Crippen LogP contribution is -2.18. The van der Waals surface area contributed by atoms with Crippen LogP contribution < -0.4 is 11.1 Å². The van der Waals surface area contributed by atoms with Gasteiger partial charge in [-0.3, -0.25) is 14.6 Å². The first kappa shape index (κ1) is 17.2. The van der Waals surface area contributed by atoms with Crippen molar-refractivity contribution in [2.75, 3.05) is 12.8 Å². The van der Waals surface area contributed by atoms with Crippen LogP contribution in [0.3, 0.4) is 0 Å². The largest absolute Gasteiger partial charge is 0.382 e. The highest BCUT2D eigenvalue weighted by Gasteiger charge is 2.19. The summed E-state index contributed by atoms with van der Waals surface area (Å²) in [6, 6.07) is 7.01. The first-order chi connectivity index (χ1) is 12.5. The maximum atomic E-state index is 14.3. The molecule has 0 saturated heterocycles. The first-order valence-corrected chi connectivity index (χ1v) is 7.60. The Morgan fingerprint density at radius 2 is 1.96 bits per heavy atom. The fourth-order valence-corrected chi connectivity index (χ4v) is 2.34. The van der Waals surface area contributed by atoms with Crippen LogP contribution in [0.4, 0.5) is 10.2 Å². The molecule has 1 aromatic carbocycles. The summed E-state index contributed by atoms with van der Waals surface area (Å²) in [5.74, 6) is -1.53. The molecule has 1 amide bonds. The molecule has 0 aliphatic carbocycles. The summed E-state index contributed by atoms with van der Waals surface area (Å²) in [7, 11) is 1.47. The van der Waals surface area contributed by atoms with Gasteiger partial charge in [0.1, 0.15) is 5.82 Å². The Bertz CT molecular complexity index is 992. The van der Waals surface area contributed by atoms with Gasteiger partial charge in [0, 0.05) is 36.1 Å². The predicted octanol–water partition coefficient (Wildman–Crippen LogP) is 1.85. The molecule has 3 N–H and O–H groups in total. The molecule has 26 heavy (non-hydrogen) atoms. The second-order valence-electron chi connectivity index (χ2n) is 5.33. The average molecular weight is 351 g/mol. The summed E-state index contributed by atoms with van der Waals surface area (Å²) in [5, 5.41) is 2.46. The minimum atomic E-state index is -0.600. The van der Waals surface area contributed by atoms with Gasteiger partial charge in [-0.1, -0.05) is 0 Å². The summed E-state index contributed by atoms with van der Waals surface area (Å²) in [5.41, 5.74) is 6.33. The molecule has 3 aromatic rings. The normalized spacial score (nSPS) is 10.4. The lowest BCUT2D eigenvalue weighted by Gasteiger charge is -2.09. The van der Waals surface area contributed by atoms with Crippen molar-refractivity contribution in [3.05, 3.63) is 71.6 Å². The zero-order valence-corrected chi connectivity index (χ0v) is 13.7. The number of hydrogen-bond donors (Lipinski definition) is 2. The molecule has 0 atom stereocenters. The Labute approximate surface area is 148 Å². The third-order valence-electron chi connectivity index (χ3n) is 3.67. The number of nitrogens with two attached hydrogens (primary N) is 1. The molecule has 3 rings (SSSR count). The number of rotatable bonds is 4. The number of ketones is 1. The van der Waals surface area contributed by atoms with Gasteiger partial charge in [-0.05, 0) is 30.3 Å². The van der Waals surface area contributed by atoms with E-state index in [0.29, 0.717) is 0 Å². The van der Waals surface area contributed by atoms with Crippen LogP contribution in [0.25, 0.3) is 11.3 Å². The van der Waals surface area contributed by atoms with Crippen LogP contribution in [0.2, 0.25) is 0 Å². The van der Waals surface area contributed by atoms with Crippen molar-refractivity contribution in [3.8, 4) is 11.3 Å². The van der Waals surface area contributed by atoms with E-state index in [1.54, 1.807) is 12.1 Å². The van der Waals surface area contributed by atoms with Gasteiger partial charge in [0.25, 0.3) is 5.91 Å². The van der Waals surface area contributed by atoms with Crippen molar-refractivity contribution in [1.29, 1.82) is 0 Å². The predicted molar refractivity (Wildman–Crippen MR) is 92.9 cm³/mol. The van der Waals surface area contributed by atoms with Gasteiger partial charge < -0.3 is 11.1 Å². The number of nitrogen functional groups attached to an aromatic ring is 1. The van der Waals surface area contributed by atoms with Gasteiger partial charge in [0.15, 0.2) is 11.5 Å². The van der Waals surface area contributed by atoms with Gasteiger partial charge in [0.05, 0.1) is 11.9 Å². The molecule has 0 saturated carbocycles. The van der Waals surface area contributed by atoms with Gasteiger partial charge >= 0.3 is 0 Å². The summed E-state index contributed by atoms with van der Waals surface area (Å²) < 4.78 is 14.3. The average Bonchev–Trinajstić information content (AvgIpc) is 2.68. The number of halogens is 1. The van der Waals surface area contributed by atoms with Gasteiger partial charge in [-0.2, -0.15) is 0 Å². The number of carbonyl (C=O) groups excluding carboxylic acids is 2. The lowest BCUT2D eigenvalue weighted by molar-refractivity contribution is 0.0962. The highest BCUT2D eigenvalue weighted by atomic mass is 19.1. The maximum absolute atomic E-state index is 14.3. The maximum Gasteiger partial charge on any atom is 0.251 e. The van der Waals surface area contributed by atoms with E-state index in [2.05, 4.69) is 20.3 Å². The third kappa shape index (κ3) is 3.25. The number of hydrogen-bond acceptors (Lipinski definition) is 6. The van der Waals surface area contributed by atoms with Crippen LogP contribution in [0.1, 0.15) is 26.4 Å². The smallest absolute Gasteiger partial charge is 0.251 e. The number of nitrogens with one attached hydrogen (secondary N) is 1. The fraction of sp³-hybridized carbons (Fsp3) is 0.0556. The molecule has 0 bridgehead atoms. The Kier molecular flexibility index (Phi) is 4.66. The zero-order valence-electron chi connectivity index (χ0n) is 13.7. The van der Waals surface area contributed by atoms with E-state index in [1.165, 1.54) is 37.8 Å². The van der Waals surface area contributed by atoms with Crippen molar-refractivity contribution in [1.82, 2.24) is 20.3 Å².